The lowest BCUT2D eigenvalue weighted by atomic mass is 10.1. The number of piperidine rings is 1. The Kier molecular flexibility index (Phi) is 7.10. The van der Waals surface area contributed by atoms with Gasteiger partial charge in [0.05, 0.1) is 17.6 Å². The molecular weight excluding hydrogens is 412 g/mol. The Morgan fingerprint density at radius 1 is 1.13 bits per heavy atom. The number of nitrogens with one attached hydrogen (secondary N) is 1. The summed E-state index contributed by atoms with van der Waals surface area (Å²) in [5.41, 5.74) is 2.75. The number of rotatable bonds is 8. The molecule has 0 unspecified atom stereocenters. The number of hydrogen-bond acceptors (Lipinski definition) is 4. The Hall–Kier alpha value is -2.57. The smallest absolute Gasteiger partial charge is 0.262 e. The van der Waals surface area contributed by atoms with Crippen LogP contribution in [0.4, 0.5) is 5.69 Å². The molecule has 1 N–H and O–H groups in total. The lowest BCUT2D eigenvalue weighted by Crippen LogP contribution is -2.30. The van der Waals surface area contributed by atoms with Crippen LogP contribution in [-0.2, 0) is 17.9 Å². The molecular formula is C24H29ClN4O2. The number of imidazole rings is 1. The summed E-state index contributed by atoms with van der Waals surface area (Å²) in [5.74, 6) is 1.50. The highest BCUT2D eigenvalue weighted by Crippen LogP contribution is 2.23. The molecule has 4 rings (SSSR count). The molecule has 164 valence electrons. The number of likely N-dealkylation sites (tertiary alicyclic amines) is 1. The van der Waals surface area contributed by atoms with Gasteiger partial charge < -0.3 is 14.6 Å². The number of hydrogen-bond donors (Lipinski definition) is 1. The number of ether oxygens (including phenoxy) is 1. The fourth-order valence-electron chi connectivity index (χ4n) is 4.05. The van der Waals surface area contributed by atoms with E-state index in [4.69, 9.17) is 21.3 Å². The number of benzene rings is 2. The van der Waals surface area contributed by atoms with E-state index in [-0.39, 0.29) is 12.5 Å². The van der Waals surface area contributed by atoms with Crippen LogP contribution in [0.1, 0.15) is 38.4 Å². The van der Waals surface area contributed by atoms with E-state index in [1.54, 1.807) is 24.3 Å². The number of aromatic nitrogens is 2. The van der Waals surface area contributed by atoms with E-state index < -0.39 is 0 Å². The molecule has 1 aliphatic rings. The first-order valence-electron chi connectivity index (χ1n) is 11.0. The van der Waals surface area contributed by atoms with Crippen LogP contribution in [0.25, 0.3) is 11.0 Å². The summed E-state index contributed by atoms with van der Waals surface area (Å²) in [7, 11) is 0. The number of aryl methyl sites for hydroxylation is 1. The van der Waals surface area contributed by atoms with Gasteiger partial charge in [-0.1, -0.05) is 24.9 Å². The number of carbonyl (C=O) groups is 1. The maximum atomic E-state index is 12.3. The quantitative estimate of drug-likeness (QED) is 0.529. The Bertz CT molecular complexity index is 1030. The van der Waals surface area contributed by atoms with Gasteiger partial charge in [0.1, 0.15) is 11.6 Å². The first kappa shape index (κ1) is 21.7. The van der Waals surface area contributed by atoms with Crippen molar-refractivity contribution >= 4 is 34.2 Å². The van der Waals surface area contributed by atoms with Crippen LogP contribution < -0.4 is 10.1 Å². The zero-order valence-electron chi connectivity index (χ0n) is 17.9. The zero-order chi connectivity index (χ0) is 21.6. The van der Waals surface area contributed by atoms with E-state index in [9.17, 15) is 4.79 Å². The second kappa shape index (κ2) is 10.2. The molecule has 0 atom stereocenters. The van der Waals surface area contributed by atoms with Gasteiger partial charge in [0, 0.05) is 17.3 Å². The van der Waals surface area contributed by atoms with Crippen molar-refractivity contribution in [2.24, 2.45) is 0 Å². The van der Waals surface area contributed by atoms with E-state index in [0.717, 1.165) is 55.1 Å². The van der Waals surface area contributed by atoms with Crippen molar-refractivity contribution in [3.8, 4) is 5.75 Å². The molecule has 7 heteroatoms. The van der Waals surface area contributed by atoms with E-state index in [1.165, 1.54) is 19.3 Å². The van der Waals surface area contributed by atoms with Gasteiger partial charge in [0.25, 0.3) is 5.91 Å². The molecule has 1 fully saturated rings. The molecule has 6 nitrogen and oxygen atoms in total. The molecule has 2 heterocycles. The topological polar surface area (TPSA) is 59.4 Å². The van der Waals surface area contributed by atoms with Crippen LogP contribution >= 0.6 is 11.6 Å². The minimum absolute atomic E-state index is 0.0653. The van der Waals surface area contributed by atoms with Gasteiger partial charge in [0.2, 0.25) is 0 Å². The fraction of sp³-hybridized carbons (Fsp3) is 0.417. The van der Waals surface area contributed by atoms with Crippen molar-refractivity contribution in [1.82, 2.24) is 14.5 Å². The first-order chi connectivity index (χ1) is 15.1. The molecule has 3 aromatic rings. The van der Waals surface area contributed by atoms with Crippen LogP contribution in [-0.4, -0.2) is 40.1 Å². The summed E-state index contributed by atoms with van der Waals surface area (Å²) >= 11 is 5.87. The summed E-state index contributed by atoms with van der Waals surface area (Å²) in [4.78, 5) is 19.7. The predicted molar refractivity (Wildman–Crippen MR) is 125 cm³/mol. The van der Waals surface area contributed by atoms with Gasteiger partial charge in [-0.25, -0.2) is 4.98 Å². The van der Waals surface area contributed by atoms with E-state index in [1.807, 2.05) is 18.2 Å². The minimum atomic E-state index is -0.212. The van der Waals surface area contributed by atoms with Crippen LogP contribution in [0.3, 0.4) is 0 Å². The number of nitrogens with zero attached hydrogens (tertiary/aromatic N) is 3. The highest BCUT2D eigenvalue weighted by Gasteiger charge is 2.17. The molecule has 1 aromatic heterocycles. The van der Waals surface area contributed by atoms with Gasteiger partial charge >= 0.3 is 0 Å². The highest BCUT2D eigenvalue weighted by atomic mass is 35.5. The molecule has 0 aliphatic carbocycles. The minimum Gasteiger partial charge on any atom is -0.484 e. The van der Waals surface area contributed by atoms with Crippen LogP contribution in [0.2, 0.25) is 5.02 Å². The Balaban J connectivity index is 1.44. The van der Waals surface area contributed by atoms with Crippen LogP contribution in [0, 0.1) is 0 Å². The summed E-state index contributed by atoms with van der Waals surface area (Å²) in [6.45, 7) is 6.23. The van der Waals surface area contributed by atoms with E-state index in [2.05, 4.69) is 21.7 Å². The summed E-state index contributed by atoms with van der Waals surface area (Å²) in [6, 6.07) is 12.9. The maximum Gasteiger partial charge on any atom is 0.262 e. The Morgan fingerprint density at radius 3 is 2.65 bits per heavy atom. The van der Waals surface area contributed by atoms with E-state index >= 15 is 0 Å². The fourth-order valence-corrected chi connectivity index (χ4v) is 4.17. The van der Waals surface area contributed by atoms with Gasteiger partial charge in [-0.2, -0.15) is 0 Å². The molecule has 2 aromatic carbocycles. The summed E-state index contributed by atoms with van der Waals surface area (Å²) in [6.07, 6.45) is 4.91. The lowest BCUT2D eigenvalue weighted by molar-refractivity contribution is -0.118. The largest absolute Gasteiger partial charge is 0.484 e. The Morgan fingerprint density at radius 2 is 1.90 bits per heavy atom. The van der Waals surface area contributed by atoms with Gasteiger partial charge in [-0.3, -0.25) is 9.69 Å². The monoisotopic (exact) mass is 440 g/mol. The van der Waals surface area contributed by atoms with Gasteiger partial charge in [0.15, 0.2) is 6.61 Å². The summed E-state index contributed by atoms with van der Waals surface area (Å²) < 4.78 is 7.84. The standard InChI is InChI=1S/C24H29ClN4O2/c1-2-12-29-22-11-8-19(26-24(30)17-31-20-9-6-18(25)7-10-20)15-21(22)27-23(29)16-28-13-4-3-5-14-28/h6-11,15H,2-5,12-14,16-17H2,1H3,(H,26,30). The third-order valence-corrected chi connectivity index (χ3v) is 5.81. The van der Waals surface area contributed by atoms with E-state index in [0.29, 0.717) is 10.8 Å². The molecule has 1 aliphatic heterocycles. The SMILES string of the molecule is CCCn1c(CN2CCCCC2)nc2cc(NC(=O)COc3ccc(Cl)cc3)ccc21. The van der Waals surface area contributed by atoms with Crippen LogP contribution in [0.5, 0.6) is 5.75 Å². The second-order valence-corrected chi connectivity index (χ2v) is 8.45. The molecule has 1 saturated heterocycles. The number of amides is 1. The molecule has 0 radical (unpaired) electrons. The predicted octanol–water partition coefficient (Wildman–Crippen LogP) is 5.10. The lowest BCUT2D eigenvalue weighted by Gasteiger charge is -2.26. The third kappa shape index (κ3) is 5.57. The molecule has 1 amide bonds. The normalized spacial score (nSPS) is 14.6. The second-order valence-electron chi connectivity index (χ2n) is 8.01. The van der Waals surface area contributed by atoms with Crippen LogP contribution in [0.15, 0.2) is 42.5 Å². The van der Waals surface area contributed by atoms with Crippen molar-refractivity contribution in [2.75, 3.05) is 25.0 Å². The van der Waals surface area contributed by atoms with Crippen molar-refractivity contribution in [2.45, 2.75) is 45.7 Å². The third-order valence-electron chi connectivity index (χ3n) is 5.56. The van der Waals surface area contributed by atoms with Crippen molar-refractivity contribution in [1.29, 1.82) is 0 Å². The number of carbonyl (C=O) groups excluding carboxylic acids is 1. The average molecular weight is 441 g/mol. The van der Waals surface area contributed by atoms with Crippen molar-refractivity contribution < 1.29 is 9.53 Å². The number of halogens is 1. The molecule has 0 bridgehead atoms. The van der Waals surface area contributed by atoms with Crippen molar-refractivity contribution in [3.05, 3.63) is 53.3 Å². The summed E-state index contributed by atoms with van der Waals surface area (Å²) in [5, 5.41) is 3.54. The number of fused-ring (bicyclic) bond motifs is 1. The zero-order valence-corrected chi connectivity index (χ0v) is 18.7. The van der Waals surface area contributed by atoms with Gasteiger partial charge in [-0.05, 0) is 74.8 Å². The first-order valence-corrected chi connectivity index (χ1v) is 11.4. The van der Waals surface area contributed by atoms with Crippen molar-refractivity contribution in [3.63, 3.8) is 0 Å². The maximum absolute atomic E-state index is 12.3. The molecule has 0 spiro atoms. The molecule has 31 heavy (non-hydrogen) atoms. The van der Waals surface area contributed by atoms with Gasteiger partial charge in [-0.15, -0.1) is 0 Å². The average Bonchev–Trinajstić information content (AvgIpc) is 3.10. The number of anilines is 1. The Labute approximate surface area is 188 Å². The molecule has 0 saturated carbocycles. The highest BCUT2D eigenvalue weighted by molar-refractivity contribution is 6.30.